The molecule has 15 heavy (non-hydrogen) atoms. The molecule has 1 heterocycles. The van der Waals surface area contributed by atoms with Crippen molar-refractivity contribution in [2.75, 3.05) is 6.61 Å². The van der Waals surface area contributed by atoms with Gasteiger partial charge in [0, 0.05) is 5.69 Å². The largest absolute Gasteiger partial charge is 0.414 e. The Morgan fingerprint density at radius 3 is 2.80 bits per heavy atom. The number of amides is 1. The Balaban J connectivity index is 2.41. The number of aromatic nitrogens is 2. The fourth-order valence-electron chi connectivity index (χ4n) is 0.818. The molecule has 1 aromatic rings. The van der Waals surface area contributed by atoms with E-state index in [1.165, 1.54) is 6.20 Å². The Kier molecular flexibility index (Phi) is 3.30. The summed E-state index contributed by atoms with van der Waals surface area (Å²) in [5.74, 6) is -0.773. The molecule has 5 nitrogen and oxygen atoms in total. The molecule has 0 aromatic carbocycles. The van der Waals surface area contributed by atoms with Crippen LogP contribution in [0.3, 0.4) is 0 Å². The van der Waals surface area contributed by atoms with Crippen molar-refractivity contribution in [2.45, 2.75) is 13.1 Å². The number of hydrogen-bond donors (Lipinski definition) is 2. The molecule has 8 heteroatoms. The van der Waals surface area contributed by atoms with Crippen LogP contribution in [0.5, 0.6) is 0 Å². The highest BCUT2D eigenvalue weighted by atomic mass is 19.4. The monoisotopic (exact) mass is 223 g/mol. The van der Waals surface area contributed by atoms with Gasteiger partial charge in [-0.15, -0.1) is 0 Å². The topological polar surface area (TPSA) is 67.0 Å². The molecule has 0 unspecified atom stereocenters. The summed E-state index contributed by atoms with van der Waals surface area (Å²) in [5, 5.41) is 6.00. The van der Waals surface area contributed by atoms with Gasteiger partial charge in [0.05, 0.1) is 11.8 Å². The van der Waals surface area contributed by atoms with E-state index in [2.05, 4.69) is 15.0 Å². The summed E-state index contributed by atoms with van der Waals surface area (Å²) in [6.07, 6.45) is -3.28. The number of nitrogens with one attached hydrogen (secondary N) is 2. The number of hydroxylamine groups is 1. The Hall–Kier alpha value is -1.57. The maximum atomic E-state index is 11.6. The third-order valence-electron chi connectivity index (χ3n) is 1.48. The van der Waals surface area contributed by atoms with Gasteiger partial charge in [0.2, 0.25) is 0 Å². The summed E-state index contributed by atoms with van der Waals surface area (Å²) in [6, 6.07) is 0. The molecule has 0 aliphatic rings. The summed E-state index contributed by atoms with van der Waals surface area (Å²) in [4.78, 5) is 15.1. The Morgan fingerprint density at radius 2 is 2.33 bits per heavy atom. The van der Waals surface area contributed by atoms with Crippen LogP contribution in [0.1, 0.15) is 16.1 Å². The van der Waals surface area contributed by atoms with Crippen molar-refractivity contribution in [1.82, 2.24) is 15.7 Å². The maximum absolute atomic E-state index is 11.6. The van der Waals surface area contributed by atoms with Crippen LogP contribution in [0.15, 0.2) is 6.20 Å². The standard InChI is InChI=1S/C7H8F3N3O2/c1-4-5(2-11-12-4)6(14)13-15-3-7(8,9)10/h2H,3H2,1H3,(H,11,12)(H,13,14). The van der Waals surface area contributed by atoms with Gasteiger partial charge in [-0.25, -0.2) is 5.48 Å². The van der Waals surface area contributed by atoms with Crippen molar-refractivity contribution in [3.05, 3.63) is 17.5 Å². The van der Waals surface area contributed by atoms with Gasteiger partial charge in [0.25, 0.3) is 5.91 Å². The molecular weight excluding hydrogens is 215 g/mol. The normalized spacial score (nSPS) is 11.5. The van der Waals surface area contributed by atoms with Crippen LogP contribution in [0.4, 0.5) is 13.2 Å². The van der Waals surface area contributed by atoms with Gasteiger partial charge in [-0.2, -0.15) is 18.3 Å². The van der Waals surface area contributed by atoms with Crippen molar-refractivity contribution >= 4 is 5.91 Å². The molecule has 0 aliphatic carbocycles. The highest BCUT2D eigenvalue weighted by molar-refractivity contribution is 5.94. The fourth-order valence-corrected chi connectivity index (χ4v) is 0.818. The van der Waals surface area contributed by atoms with E-state index in [-0.39, 0.29) is 5.56 Å². The van der Waals surface area contributed by atoms with Crippen molar-refractivity contribution in [3.8, 4) is 0 Å². The molecule has 0 saturated heterocycles. The van der Waals surface area contributed by atoms with E-state index in [9.17, 15) is 18.0 Å². The second-order valence-corrected chi connectivity index (χ2v) is 2.74. The van der Waals surface area contributed by atoms with Gasteiger partial charge in [-0.05, 0) is 6.92 Å². The van der Waals surface area contributed by atoms with E-state index in [4.69, 9.17) is 0 Å². The highest BCUT2D eigenvalue weighted by Crippen LogP contribution is 2.13. The van der Waals surface area contributed by atoms with E-state index < -0.39 is 18.7 Å². The molecule has 84 valence electrons. The molecule has 1 aromatic heterocycles. The van der Waals surface area contributed by atoms with Crippen molar-refractivity contribution in [1.29, 1.82) is 0 Å². The zero-order valence-electron chi connectivity index (χ0n) is 7.68. The Morgan fingerprint density at radius 1 is 1.67 bits per heavy atom. The quantitative estimate of drug-likeness (QED) is 0.749. The molecule has 2 N–H and O–H groups in total. The highest BCUT2D eigenvalue weighted by Gasteiger charge is 2.28. The number of aromatic amines is 1. The average molecular weight is 223 g/mol. The van der Waals surface area contributed by atoms with Crippen LogP contribution in [0.25, 0.3) is 0 Å². The second kappa shape index (κ2) is 4.30. The van der Waals surface area contributed by atoms with Crippen molar-refractivity contribution in [3.63, 3.8) is 0 Å². The average Bonchev–Trinajstić information content (AvgIpc) is 2.48. The lowest BCUT2D eigenvalue weighted by molar-refractivity contribution is -0.184. The number of aryl methyl sites for hydroxylation is 1. The molecule has 0 aliphatic heterocycles. The van der Waals surface area contributed by atoms with E-state index >= 15 is 0 Å². The number of H-pyrrole nitrogens is 1. The molecule has 0 spiro atoms. The van der Waals surface area contributed by atoms with Gasteiger partial charge in [-0.3, -0.25) is 14.7 Å². The number of nitrogens with zero attached hydrogens (tertiary/aromatic N) is 1. The lowest BCUT2D eigenvalue weighted by Crippen LogP contribution is -2.29. The van der Waals surface area contributed by atoms with Crippen LogP contribution >= 0.6 is 0 Å². The first-order valence-electron chi connectivity index (χ1n) is 3.89. The van der Waals surface area contributed by atoms with Crippen molar-refractivity contribution < 1.29 is 22.8 Å². The molecule has 0 fully saturated rings. The number of alkyl halides is 3. The SMILES string of the molecule is Cc1[nH]ncc1C(=O)NOCC(F)(F)F. The van der Waals surface area contributed by atoms with Crippen LogP contribution in [-0.4, -0.2) is 28.9 Å². The third kappa shape index (κ3) is 3.58. The van der Waals surface area contributed by atoms with Crippen LogP contribution in [0.2, 0.25) is 0 Å². The fraction of sp³-hybridized carbons (Fsp3) is 0.429. The molecule has 1 rings (SSSR count). The predicted molar refractivity (Wildman–Crippen MR) is 42.8 cm³/mol. The molecule has 0 bridgehead atoms. The van der Waals surface area contributed by atoms with Gasteiger partial charge < -0.3 is 0 Å². The first kappa shape index (κ1) is 11.5. The summed E-state index contributed by atoms with van der Waals surface area (Å²) in [7, 11) is 0. The van der Waals surface area contributed by atoms with Gasteiger partial charge in [0.1, 0.15) is 0 Å². The van der Waals surface area contributed by atoms with Crippen LogP contribution < -0.4 is 5.48 Å². The van der Waals surface area contributed by atoms with Gasteiger partial charge >= 0.3 is 6.18 Å². The lowest BCUT2D eigenvalue weighted by Gasteiger charge is -2.07. The number of rotatable bonds is 3. The van der Waals surface area contributed by atoms with Crippen LogP contribution in [0, 0.1) is 6.92 Å². The molecule has 0 radical (unpaired) electrons. The van der Waals surface area contributed by atoms with Crippen LogP contribution in [-0.2, 0) is 4.84 Å². The smallest absolute Gasteiger partial charge is 0.282 e. The minimum atomic E-state index is -4.47. The summed E-state index contributed by atoms with van der Waals surface area (Å²) in [6.45, 7) is 0.0291. The molecule has 0 saturated carbocycles. The van der Waals surface area contributed by atoms with Gasteiger partial charge in [0.15, 0.2) is 6.61 Å². The zero-order valence-corrected chi connectivity index (χ0v) is 7.68. The lowest BCUT2D eigenvalue weighted by atomic mass is 10.2. The van der Waals surface area contributed by atoms with E-state index in [1.807, 2.05) is 0 Å². The summed E-state index contributed by atoms with van der Waals surface area (Å²) in [5.41, 5.74) is 2.25. The zero-order chi connectivity index (χ0) is 11.5. The Bertz CT molecular complexity index is 347. The van der Waals surface area contributed by atoms with E-state index in [0.29, 0.717) is 5.69 Å². The first-order valence-corrected chi connectivity index (χ1v) is 3.89. The number of carbonyl (C=O) groups is 1. The van der Waals surface area contributed by atoms with Crippen molar-refractivity contribution in [2.24, 2.45) is 0 Å². The second-order valence-electron chi connectivity index (χ2n) is 2.74. The molecule has 1 amide bonds. The summed E-state index contributed by atoms with van der Waals surface area (Å²) < 4.78 is 34.9. The van der Waals surface area contributed by atoms with Gasteiger partial charge in [-0.1, -0.05) is 0 Å². The minimum absolute atomic E-state index is 0.136. The third-order valence-corrected chi connectivity index (χ3v) is 1.48. The minimum Gasteiger partial charge on any atom is -0.282 e. The first-order chi connectivity index (χ1) is 6.90. The predicted octanol–water partition coefficient (Wildman–Crippen LogP) is 0.942. The summed E-state index contributed by atoms with van der Waals surface area (Å²) >= 11 is 0. The Labute approximate surface area is 82.6 Å². The number of halogens is 3. The molecule has 0 atom stereocenters. The number of hydrogen-bond acceptors (Lipinski definition) is 3. The van der Waals surface area contributed by atoms with E-state index in [0.717, 1.165) is 0 Å². The maximum Gasteiger partial charge on any atom is 0.414 e. The van der Waals surface area contributed by atoms with E-state index in [1.54, 1.807) is 12.4 Å². The number of carbonyl (C=O) groups excluding carboxylic acids is 1. The molecular formula is C7H8F3N3O2.